The van der Waals surface area contributed by atoms with E-state index in [2.05, 4.69) is 14.8 Å². The summed E-state index contributed by atoms with van der Waals surface area (Å²) in [4.78, 5) is 4.48. The van der Waals surface area contributed by atoms with Gasteiger partial charge in [-0.05, 0) is 55.3 Å². The first-order valence-corrected chi connectivity index (χ1v) is 9.99. The van der Waals surface area contributed by atoms with Crippen LogP contribution >= 0.6 is 0 Å². The van der Waals surface area contributed by atoms with E-state index in [-0.39, 0.29) is 11.4 Å². The Bertz CT molecular complexity index is 1010. The number of hydrogen-bond donors (Lipinski definition) is 1. The molecule has 1 N–H and O–H groups in total. The molecule has 3 rings (SSSR count). The molecule has 0 amide bonds. The van der Waals surface area contributed by atoms with Crippen molar-refractivity contribution in [3.8, 4) is 17.1 Å². The van der Waals surface area contributed by atoms with Crippen molar-refractivity contribution in [2.45, 2.75) is 25.3 Å². The van der Waals surface area contributed by atoms with E-state index in [0.717, 1.165) is 22.5 Å². The number of methoxy groups -OCH3 is 1. The molecule has 3 aromatic rings. The van der Waals surface area contributed by atoms with Crippen LogP contribution in [0.2, 0.25) is 0 Å². The fraction of sp³-hybridized carbons (Fsp3) is 0.263. The van der Waals surface area contributed by atoms with Crippen LogP contribution in [0.3, 0.4) is 0 Å². The van der Waals surface area contributed by atoms with Gasteiger partial charge in [0, 0.05) is 18.9 Å². The fourth-order valence-corrected chi connectivity index (χ4v) is 4.09. The van der Waals surface area contributed by atoms with Crippen molar-refractivity contribution < 1.29 is 13.2 Å². The average molecular weight is 386 g/mol. The summed E-state index contributed by atoms with van der Waals surface area (Å²) < 4.78 is 34.7. The highest BCUT2D eigenvalue weighted by molar-refractivity contribution is 7.89. The number of aryl methyl sites for hydroxylation is 2. The molecule has 0 bridgehead atoms. The minimum absolute atomic E-state index is 0.230. The molecule has 2 aromatic heterocycles. The highest BCUT2D eigenvalue weighted by atomic mass is 32.2. The van der Waals surface area contributed by atoms with Gasteiger partial charge in [-0.1, -0.05) is 6.07 Å². The highest BCUT2D eigenvalue weighted by Crippen LogP contribution is 2.26. The fourth-order valence-electron chi connectivity index (χ4n) is 2.90. The Morgan fingerprint density at radius 3 is 2.48 bits per heavy atom. The smallest absolute Gasteiger partial charge is 0.240 e. The number of rotatable bonds is 7. The normalized spacial score (nSPS) is 11.5. The van der Waals surface area contributed by atoms with E-state index in [9.17, 15) is 8.42 Å². The Morgan fingerprint density at radius 1 is 1.11 bits per heavy atom. The summed E-state index contributed by atoms with van der Waals surface area (Å²) in [5.41, 5.74) is 3.09. The van der Waals surface area contributed by atoms with Crippen LogP contribution in [0, 0.1) is 13.8 Å². The molecule has 1 aromatic carbocycles. The van der Waals surface area contributed by atoms with Crippen LogP contribution < -0.4 is 9.46 Å². The predicted molar refractivity (Wildman–Crippen MR) is 103 cm³/mol. The molecule has 0 unspecified atom stereocenters. The molecule has 0 fully saturated rings. The minimum atomic E-state index is -3.60. The zero-order valence-electron chi connectivity index (χ0n) is 15.5. The molecule has 2 heterocycles. The number of pyridine rings is 1. The molecule has 0 aliphatic heterocycles. The number of nitrogens with one attached hydrogen (secondary N) is 1. The molecule has 0 saturated carbocycles. The first-order valence-electron chi connectivity index (χ1n) is 8.50. The van der Waals surface area contributed by atoms with Crippen LogP contribution in [-0.4, -0.2) is 36.8 Å². The van der Waals surface area contributed by atoms with E-state index in [1.165, 1.54) is 0 Å². The molecule has 0 spiro atoms. The van der Waals surface area contributed by atoms with Gasteiger partial charge in [0.2, 0.25) is 10.0 Å². The maximum absolute atomic E-state index is 12.6. The first kappa shape index (κ1) is 19.1. The number of sulfonamides is 1. The Hall–Kier alpha value is -2.71. The third kappa shape index (κ3) is 4.35. The van der Waals surface area contributed by atoms with Gasteiger partial charge in [0.05, 0.1) is 24.2 Å². The zero-order valence-corrected chi connectivity index (χ0v) is 16.3. The van der Waals surface area contributed by atoms with Crippen molar-refractivity contribution in [2.24, 2.45) is 0 Å². The minimum Gasteiger partial charge on any atom is -0.496 e. The topological polar surface area (TPSA) is 86.1 Å². The van der Waals surface area contributed by atoms with Crippen molar-refractivity contribution in [3.63, 3.8) is 0 Å². The summed E-state index contributed by atoms with van der Waals surface area (Å²) in [5, 5.41) is 4.43. The van der Waals surface area contributed by atoms with Gasteiger partial charge in [0.25, 0.3) is 0 Å². The van der Waals surface area contributed by atoms with E-state index >= 15 is 0 Å². The standard InChI is InChI=1S/C19H22N4O3S/c1-14-12-16(13-15(2)19(14)26-3)27(24,25)21-9-11-23-10-7-18(22-23)17-6-4-5-8-20-17/h4-8,10,12-13,21H,9,11H2,1-3H3. The lowest BCUT2D eigenvalue weighted by Gasteiger charge is -2.12. The van der Waals surface area contributed by atoms with E-state index in [0.29, 0.717) is 12.3 Å². The van der Waals surface area contributed by atoms with Crippen LogP contribution in [0.25, 0.3) is 11.4 Å². The van der Waals surface area contributed by atoms with Gasteiger partial charge >= 0.3 is 0 Å². The number of hydrogen-bond acceptors (Lipinski definition) is 5. The molecular weight excluding hydrogens is 364 g/mol. The maximum Gasteiger partial charge on any atom is 0.240 e. The molecule has 0 saturated heterocycles. The van der Waals surface area contributed by atoms with Crippen LogP contribution in [0.15, 0.2) is 53.7 Å². The molecule has 142 valence electrons. The van der Waals surface area contributed by atoms with E-state index in [4.69, 9.17) is 4.74 Å². The van der Waals surface area contributed by atoms with Crippen LogP contribution in [0.1, 0.15) is 11.1 Å². The van der Waals surface area contributed by atoms with Gasteiger partial charge in [-0.3, -0.25) is 9.67 Å². The maximum atomic E-state index is 12.6. The van der Waals surface area contributed by atoms with Crippen LogP contribution in [0.4, 0.5) is 0 Å². The van der Waals surface area contributed by atoms with Crippen molar-refractivity contribution in [3.05, 3.63) is 59.9 Å². The van der Waals surface area contributed by atoms with Gasteiger partial charge < -0.3 is 4.74 Å². The second-order valence-electron chi connectivity index (χ2n) is 6.17. The number of nitrogens with zero attached hydrogens (tertiary/aromatic N) is 3. The lowest BCUT2D eigenvalue weighted by molar-refractivity contribution is 0.408. The summed E-state index contributed by atoms with van der Waals surface area (Å²) >= 11 is 0. The molecule has 0 atom stereocenters. The number of ether oxygens (including phenoxy) is 1. The Morgan fingerprint density at radius 2 is 1.85 bits per heavy atom. The first-order chi connectivity index (χ1) is 12.9. The molecule has 0 radical (unpaired) electrons. The van der Waals surface area contributed by atoms with Crippen LogP contribution in [0.5, 0.6) is 5.75 Å². The Balaban J connectivity index is 1.66. The van der Waals surface area contributed by atoms with Gasteiger partial charge in [-0.2, -0.15) is 5.10 Å². The molecule has 0 aliphatic rings. The third-order valence-electron chi connectivity index (χ3n) is 4.15. The van der Waals surface area contributed by atoms with Crippen LogP contribution in [-0.2, 0) is 16.6 Å². The van der Waals surface area contributed by atoms with Crippen molar-refractivity contribution >= 4 is 10.0 Å². The van der Waals surface area contributed by atoms with Crippen molar-refractivity contribution in [2.75, 3.05) is 13.7 Å². The third-order valence-corrected chi connectivity index (χ3v) is 5.59. The number of aromatic nitrogens is 3. The summed E-state index contributed by atoms with van der Waals surface area (Å²) in [7, 11) is -2.03. The molecule has 27 heavy (non-hydrogen) atoms. The number of benzene rings is 1. The predicted octanol–water partition coefficient (Wildman–Crippen LogP) is 2.55. The van der Waals surface area contributed by atoms with E-state index in [1.807, 2.05) is 38.1 Å². The molecule has 0 aliphatic carbocycles. The van der Waals surface area contributed by atoms with Gasteiger partial charge in [-0.15, -0.1) is 0 Å². The average Bonchev–Trinajstić information content (AvgIpc) is 3.11. The highest BCUT2D eigenvalue weighted by Gasteiger charge is 2.17. The quantitative estimate of drug-likeness (QED) is 0.674. The molecular formula is C19H22N4O3S. The lowest BCUT2D eigenvalue weighted by Crippen LogP contribution is -2.27. The summed E-state index contributed by atoms with van der Waals surface area (Å²) in [6.07, 6.45) is 3.52. The summed E-state index contributed by atoms with van der Waals surface area (Å²) in [6, 6.07) is 10.7. The largest absolute Gasteiger partial charge is 0.496 e. The van der Waals surface area contributed by atoms with Gasteiger partial charge in [0.1, 0.15) is 11.4 Å². The second-order valence-corrected chi connectivity index (χ2v) is 7.93. The van der Waals surface area contributed by atoms with Crippen molar-refractivity contribution in [1.82, 2.24) is 19.5 Å². The van der Waals surface area contributed by atoms with Gasteiger partial charge in [0.15, 0.2) is 0 Å². The summed E-state index contributed by atoms with van der Waals surface area (Å²) in [5.74, 6) is 0.701. The Labute approximate surface area is 159 Å². The zero-order chi connectivity index (χ0) is 19.4. The van der Waals surface area contributed by atoms with Crippen molar-refractivity contribution in [1.29, 1.82) is 0 Å². The monoisotopic (exact) mass is 386 g/mol. The SMILES string of the molecule is COc1c(C)cc(S(=O)(=O)NCCn2ccc(-c3ccccn3)n2)cc1C. The second kappa shape index (κ2) is 7.89. The lowest BCUT2D eigenvalue weighted by atomic mass is 10.1. The molecule has 8 heteroatoms. The Kier molecular flexibility index (Phi) is 5.57. The summed E-state index contributed by atoms with van der Waals surface area (Å²) in [6.45, 7) is 4.30. The van der Waals surface area contributed by atoms with Gasteiger partial charge in [-0.25, -0.2) is 13.1 Å². The molecule has 7 nitrogen and oxygen atoms in total. The van der Waals surface area contributed by atoms with E-state index in [1.54, 1.807) is 36.3 Å². The van der Waals surface area contributed by atoms with E-state index < -0.39 is 10.0 Å².